The van der Waals surface area contributed by atoms with Crippen LogP contribution in [0.2, 0.25) is 0 Å². The number of nitrogens with zero attached hydrogens (tertiary/aromatic N) is 1. The van der Waals surface area contributed by atoms with E-state index in [1.165, 1.54) is 0 Å². The van der Waals surface area contributed by atoms with Crippen molar-refractivity contribution in [2.75, 3.05) is 39.5 Å². The fourth-order valence-electron chi connectivity index (χ4n) is 2.17. The van der Waals surface area contributed by atoms with Gasteiger partial charge in [-0.1, -0.05) is 0 Å². The van der Waals surface area contributed by atoms with Gasteiger partial charge in [-0.3, -0.25) is 9.69 Å². The van der Waals surface area contributed by atoms with E-state index in [2.05, 4.69) is 0 Å². The Morgan fingerprint density at radius 1 is 1.38 bits per heavy atom. The highest BCUT2D eigenvalue weighted by Crippen LogP contribution is 2.18. The molecule has 116 valence electrons. The van der Waals surface area contributed by atoms with Crippen molar-refractivity contribution in [1.82, 2.24) is 4.90 Å². The number of hydrogen-bond donors (Lipinski definition) is 1. The first-order valence-corrected chi connectivity index (χ1v) is 7.09. The van der Waals surface area contributed by atoms with Crippen LogP contribution in [-0.2, 0) is 9.53 Å². The Labute approximate surface area is 124 Å². The Morgan fingerprint density at radius 2 is 2.10 bits per heavy atom. The summed E-state index contributed by atoms with van der Waals surface area (Å²) in [7, 11) is 0. The van der Waals surface area contributed by atoms with Crippen molar-refractivity contribution >= 4 is 5.97 Å². The van der Waals surface area contributed by atoms with Crippen molar-refractivity contribution in [2.24, 2.45) is 0 Å². The molecule has 0 spiro atoms. The van der Waals surface area contributed by atoms with E-state index in [1.807, 2.05) is 11.8 Å². The zero-order valence-corrected chi connectivity index (χ0v) is 12.2. The molecular weight excluding hydrogens is 274 g/mol. The summed E-state index contributed by atoms with van der Waals surface area (Å²) in [5, 5.41) is 9.26. The first-order chi connectivity index (χ1) is 10.2. The SMILES string of the molecule is CCOc1ccc(OC(=O)CN2CCOCC2CO)cc1. The second-order valence-corrected chi connectivity index (χ2v) is 4.76. The van der Waals surface area contributed by atoms with E-state index >= 15 is 0 Å². The molecule has 0 aliphatic carbocycles. The minimum atomic E-state index is -0.348. The number of morpholine rings is 1. The molecule has 0 bridgehead atoms. The molecule has 0 radical (unpaired) electrons. The van der Waals surface area contributed by atoms with Gasteiger partial charge in [-0.25, -0.2) is 0 Å². The number of ether oxygens (including phenoxy) is 3. The molecule has 0 amide bonds. The van der Waals surface area contributed by atoms with Gasteiger partial charge in [0.05, 0.1) is 39.0 Å². The van der Waals surface area contributed by atoms with Gasteiger partial charge in [0.1, 0.15) is 11.5 Å². The van der Waals surface area contributed by atoms with Crippen LogP contribution < -0.4 is 9.47 Å². The van der Waals surface area contributed by atoms with Crippen LogP contribution in [0.25, 0.3) is 0 Å². The summed E-state index contributed by atoms with van der Waals surface area (Å²) >= 11 is 0. The number of aliphatic hydroxyl groups is 1. The molecule has 1 heterocycles. The van der Waals surface area contributed by atoms with Gasteiger partial charge in [0.2, 0.25) is 0 Å². The predicted octanol–water partition coefficient (Wildman–Crippen LogP) is 0.684. The Kier molecular flexibility index (Phi) is 5.98. The van der Waals surface area contributed by atoms with Gasteiger partial charge in [0.15, 0.2) is 0 Å². The molecule has 6 nitrogen and oxygen atoms in total. The first kappa shape index (κ1) is 15.8. The van der Waals surface area contributed by atoms with Crippen LogP contribution in [0.1, 0.15) is 6.92 Å². The molecule has 1 aliphatic rings. The van der Waals surface area contributed by atoms with Crippen LogP contribution in [0.3, 0.4) is 0 Å². The maximum Gasteiger partial charge on any atom is 0.325 e. The zero-order valence-electron chi connectivity index (χ0n) is 12.2. The van der Waals surface area contributed by atoms with Gasteiger partial charge in [-0.05, 0) is 31.2 Å². The molecule has 0 aromatic heterocycles. The van der Waals surface area contributed by atoms with Crippen molar-refractivity contribution in [2.45, 2.75) is 13.0 Å². The van der Waals surface area contributed by atoms with E-state index < -0.39 is 0 Å². The fourth-order valence-corrected chi connectivity index (χ4v) is 2.17. The van der Waals surface area contributed by atoms with E-state index in [9.17, 15) is 9.90 Å². The van der Waals surface area contributed by atoms with E-state index in [1.54, 1.807) is 24.3 Å². The number of benzene rings is 1. The number of carbonyl (C=O) groups is 1. The molecule has 2 rings (SSSR count). The number of esters is 1. The molecule has 1 fully saturated rings. The molecule has 1 atom stereocenters. The highest BCUT2D eigenvalue weighted by molar-refractivity contribution is 5.74. The van der Waals surface area contributed by atoms with E-state index in [0.717, 1.165) is 5.75 Å². The van der Waals surface area contributed by atoms with Crippen LogP contribution in [0, 0.1) is 0 Å². The highest BCUT2D eigenvalue weighted by Gasteiger charge is 2.24. The third-order valence-electron chi connectivity index (χ3n) is 3.26. The molecule has 1 N–H and O–H groups in total. The van der Waals surface area contributed by atoms with Gasteiger partial charge in [-0.15, -0.1) is 0 Å². The summed E-state index contributed by atoms with van der Waals surface area (Å²) in [6, 6.07) is 6.78. The molecule has 1 saturated heterocycles. The molecule has 1 unspecified atom stereocenters. The molecule has 6 heteroatoms. The Bertz CT molecular complexity index is 448. The van der Waals surface area contributed by atoms with E-state index in [-0.39, 0.29) is 25.2 Å². The highest BCUT2D eigenvalue weighted by atomic mass is 16.5. The lowest BCUT2D eigenvalue weighted by molar-refractivity contribution is -0.138. The summed E-state index contributed by atoms with van der Waals surface area (Å²) in [5.41, 5.74) is 0. The minimum Gasteiger partial charge on any atom is -0.494 e. The van der Waals surface area contributed by atoms with E-state index in [0.29, 0.717) is 32.1 Å². The van der Waals surface area contributed by atoms with Crippen molar-refractivity contribution in [3.8, 4) is 11.5 Å². The van der Waals surface area contributed by atoms with Gasteiger partial charge >= 0.3 is 5.97 Å². The quantitative estimate of drug-likeness (QED) is 0.615. The number of rotatable bonds is 6. The van der Waals surface area contributed by atoms with Crippen molar-refractivity contribution in [1.29, 1.82) is 0 Å². The topological polar surface area (TPSA) is 68.2 Å². The predicted molar refractivity (Wildman–Crippen MR) is 76.5 cm³/mol. The fraction of sp³-hybridized carbons (Fsp3) is 0.533. The Hall–Kier alpha value is -1.63. The van der Waals surface area contributed by atoms with E-state index in [4.69, 9.17) is 14.2 Å². The van der Waals surface area contributed by atoms with Crippen molar-refractivity contribution < 1.29 is 24.1 Å². The van der Waals surface area contributed by atoms with Crippen LogP contribution in [0.4, 0.5) is 0 Å². The third-order valence-corrected chi connectivity index (χ3v) is 3.26. The summed E-state index contributed by atoms with van der Waals surface area (Å²) in [6.07, 6.45) is 0. The second-order valence-electron chi connectivity index (χ2n) is 4.76. The lowest BCUT2D eigenvalue weighted by Crippen LogP contribution is -2.50. The largest absolute Gasteiger partial charge is 0.494 e. The third kappa shape index (κ3) is 4.70. The summed E-state index contributed by atoms with van der Waals surface area (Å²) < 4.78 is 15.9. The first-order valence-electron chi connectivity index (χ1n) is 7.09. The maximum atomic E-state index is 11.9. The average molecular weight is 295 g/mol. The molecule has 1 aromatic rings. The van der Waals surface area contributed by atoms with Gasteiger partial charge in [-0.2, -0.15) is 0 Å². The molecule has 1 aliphatic heterocycles. The van der Waals surface area contributed by atoms with Crippen LogP contribution in [-0.4, -0.2) is 61.5 Å². The second kappa shape index (κ2) is 7.97. The summed E-state index contributed by atoms with van der Waals surface area (Å²) in [6.45, 7) is 4.23. The van der Waals surface area contributed by atoms with Gasteiger partial charge in [0.25, 0.3) is 0 Å². The van der Waals surface area contributed by atoms with Gasteiger partial charge in [0, 0.05) is 6.54 Å². The lowest BCUT2D eigenvalue weighted by Gasteiger charge is -2.33. The Balaban J connectivity index is 1.85. The minimum absolute atomic E-state index is 0.0314. The molecule has 0 saturated carbocycles. The summed E-state index contributed by atoms with van der Waals surface area (Å²) in [4.78, 5) is 13.8. The number of aliphatic hydroxyl groups excluding tert-OH is 1. The summed E-state index contributed by atoms with van der Waals surface area (Å²) in [5.74, 6) is 0.877. The smallest absolute Gasteiger partial charge is 0.325 e. The van der Waals surface area contributed by atoms with Crippen LogP contribution >= 0.6 is 0 Å². The molecular formula is C15H21NO5. The monoisotopic (exact) mass is 295 g/mol. The van der Waals surface area contributed by atoms with Crippen LogP contribution in [0.15, 0.2) is 24.3 Å². The maximum absolute atomic E-state index is 11.9. The molecule has 1 aromatic carbocycles. The van der Waals surface area contributed by atoms with Crippen molar-refractivity contribution in [3.05, 3.63) is 24.3 Å². The number of hydrogen-bond acceptors (Lipinski definition) is 6. The Morgan fingerprint density at radius 3 is 2.76 bits per heavy atom. The molecule has 21 heavy (non-hydrogen) atoms. The lowest BCUT2D eigenvalue weighted by atomic mass is 10.2. The normalized spacial score (nSPS) is 19.2. The number of carbonyl (C=O) groups excluding carboxylic acids is 1. The zero-order chi connectivity index (χ0) is 15.1. The standard InChI is InChI=1S/C15H21NO5/c1-2-20-13-3-5-14(6-4-13)21-15(18)9-16-7-8-19-11-12(16)10-17/h3-6,12,17H,2,7-11H2,1H3. The van der Waals surface area contributed by atoms with Crippen LogP contribution in [0.5, 0.6) is 11.5 Å². The van der Waals surface area contributed by atoms with Gasteiger partial charge < -0.3 is 19.3 Å². The average Bonchev–Trinajstić information content (AvgIpc) is 2.50. The van der Waals surface area contributed by atoms with Crippen molar-refractivity contribution in [3.63, 3.8) is 0 Å².